The fourth-order valence-electron chi connectivity index (χ4n) is 2.92. The van der Waals surface area contributed by atoms with Gasteiger partial charge < -0.3 is 5.11 Å². The van der Waals surface area contributed by atoms with Crippen LogP contribution in [-0.2, 0) is 11.2 Å². The summed E-state index contributed by atoms with van der Waals surface area (Å²) in [4.78, 5) is 22.2. The van der Waals surface area contributed by atoms with E-state index in [0.717, 1.165) is 19.3 Å². The van der Waals surface area contributed by atoms with Gasteiger partial charge in [0.1, 0.15) is 0 Å². The smallest absolute Gasteiger partial charge is 0.309 e. The van der Waals surface area contributed by atoms with Crippen molar-refractivity contribution in [1.29, 1.82) is 0 Å². The molecule has 1 aromatic rings. The molecule has 0 atom stereocenters. The van der Waals surface area contributed by atoms with Crippen molar-refractivity contribution in [3.8, 4) is 0 Å². The number of halogens is 1. The highest BCUT2D eigenvalue weighted by Crippen LogP contribution is 2.41. The van der Waals surface area contributed by atoms with Gasteiger partial charge in [-0.2, -0.15) is 0 Å². The minimum atomic E-state index is -0.878. The predicted molar refractivity (Wildman–Crippen MR) is 75.0 cm³/mol. The third-order valence-electron chi connectivity index (χ3n) is 4.04. The van der Waals surface area contributed by atoms with Crippen LogP contribution in [0.5, 0.6) is 0 Å². The first kappa shape index (κ1) is 14.8. The van der Waals surface area contributed by atoms with Crippen LogP contribution >= 0.6 is 11.6 Å². The molecule has 108 valence electrons. The van der Waals surface area contributed by atoms with Crippen LogP contribution in [0.2, 0.25) is 5.02 Å². The van der Waals surface area contributed by atoms with E-state index in [4.69, 9.17) is 11.6 Å². The second-order valence-corrected chi connectivity index (χ2v) is 5.79. The van der Waals surface area contributed by atoms with Crippen LogP contribution in [0.1, 0.15) is 37.7 Å². The highest BCUT2D eigenvalue weighted by atomic mass is 35.5. The zero-order chi connectivity index (χ0) is 14.8. The van der Waals surface area contributed by atoms with Crippen LogP contribution < -0.4 is 0 Å². The van der Waals surface area contributed by atoms with E-state index in [-0.39, 0.29) is 17.1 Å². The fraction of sp³-hybridized carbons (Fsp3) is 0.500. The summed E-state index contributed by atoms with van der Waals surface area (Å²) in [5.74, 6) is -0.860. The van der Waals surface area contributed by atoms with Crippen molar-refractivity contribution >= 4 is 23.3 Å². The summed E-state index contributed by atoms with van der Waals surface area (Å²) in [5, 5.41) is 20.9. The molecule has 1 aliphatic carbocycles. The van der Waals surface area contributed by atoms with Gasteiger partial charge in [0.05, 0.1) is 10.3 Å². The average molecular weight is 298 g/mol. The van der Waals surface area contributed by atoms with Crippen molar-refractivity contribution in [2.75, 3.05) is 0 Å². The molecule has 0 heterocycles. The standard InChI is InChI=1S/C14H16ClNO4/c15-11-5-4-10(12(8-11)16(19)20)9-14(13(17)18)6-2-1-3-7-14/h4-5,8H,1-3,6-7,9H2,(H,17,18). The van der Waals surface area contributed by atoms with Crippen molar-refractivity contribution in [2.45, 2.75) is 38.5 Å². The molecule has 1 fully saturated rings. The molecular weight excluding hydrogens is 282 g/mol. The number of carboxylic acid groups (broad SMARTS) is 1. The molecule has 0 unspecified atom stereocenters. The van der Waals surface area contributed by atoms with E-state index in [0.29, 0.717) is 18.4 Å². The third-order valence-corrected chi connectivity index (χ3v) is 4.27. The van der Waals surface area contributed by atoms with E-state index in [1.807, 2.05) is 0 Å². The third kappa shape index (κ3) is 2.93. The number of hydrogen-bond acceptors (Lipinski definition) is 3. The summed E-state index contributed by atoms with van der Waals surface area (Å²) in [5.41, 5.74) is -0.524. The second kappa shape index (κ2) is 5.79. The lowest BCUT2D eigenvalue weighted by molar-refractivity contribution is -0.385. The van der Waals surface area contributed by atoms with E-state index < -0.39 is 16.3 Å². The molecule has 5 nitrogen and oxygen atoms in total. The molecule has 1 N–H and O–H groups in total. The van der Waals surface area contributed by atoms with E-state index >= 15 is 0 Å². The summed E-state index contributed by atoms with van der Waals surface area (Å²) in [6.07, 6.45) is 4.07. The van der Waals surface area contributed by atoms with Gasteiger partial charge in [-0.05, 0) is 25.3 Å². The number of carbonyl (C=O) groups is 1. The maximum Gasteiger partial charge on any atom is 0.309 e. The Kier molecular flexibility index (Phi) is 4.28. The number of aliphatic carboxylic acids is 1. The topological polar surface area (TPSA) is 80.4 Å². The summed E-state index contributed by atoms with van der Waals surface area (Å²) >= 11 is 5.78. The number of nitro benzene ring substituents is 1. The van der Waals surface area contributed by atoms with Crippen LogP contribution in [-0.4, -0.2) is 16.0 Å². The Hall–Kier alpha value is -1.62. The van der Waals surface area contributed by atoms with Gasteiger partial charge in [0.15, 0.2) is 0 Å². The average Bonchev–Trinajstić information content (AvgIpc) is 2.41. The maximum absolute atomic E-state index is 11.6. The summed E-state index contributed by atoms with van der Waals surface area (Å²) < 4.78 is 0. The Morgan fingerprint density at radius 2 is 2.00 bits per heavy atom. The van der Waals surface area contributed by atoms with Gasteiger partial charge in [0, 0.05) is 16.7 Å². The molecule has 0 spiro atoms. The minimum Gasteiger partial charge on any atom is -0.481 e. The molecule has 1 aromatic carbocycles. The highest BCUT2D eigenvalue weighted by Gasteiger charge is 2.41. The molecule has 0 aliphatic heterocycles. The first-order chi connectivity index (χ1) is 9.44. The molecule has 0 amide bonds. The molecule has 20 heavy (non-hydrogen) atoms. The molecule has 2 rings (SSSR count). The molecule has 0 radical (unpaired) electrons. The predicted octanol–water partition coefficient (Wildman–Crippen LogP) is 3.83. The lowest BCUT2D eigenvalue weighted by Crippen LogP contribution is -2.35. The minimum absolute atomic E-state index is 0.0938. The fourth-order valence-corrected chi connectivity index (χ4v) is 3.08. The lowest BCUT2D eigenvalue weighted by atomic mass is 9.70. The van der Waals surface area contributed by atoms with Crippen LogP contribution in [0.15, 0.2) is 18.2 Å². The van der Waals surface area contributed by atoms with E-state index in [2.05, 4.69) is 0 Å². The lowest BCUT2D eigenvalue weighted by Gasteiger charge is -2.33. The number of nitrogens with zero attached hydrogens (tertiary/aromatic N) is 1. The zero-order valence-electron chi connectivity index (χ0n) is 11.0. The zero-order valence-corrected chi connectivity index (χ0v) is 11.7. The molecule has 1 saturated carbocycles. The van der Waals surface area contributed by atoms with Crippen molar-refractivity contribution in [3.63, 3.8) is 0 Å². The van der Waals surface area contributed by atoms with Crippen LogP contribution in [0.3, 0.4) is 0 Å². The first-order valence-corrected chi connectivity index (χ1v) is 6.99. The number of benzene rings is 1. The summed E-state index contributed by atoms with van der Waals surface area (Å²) in [6, 6.07) is 4.43. The molecule has 0 saturated heterocycles. The van der Waals surface area contributed by atoms with Crippen molar-refractivity contribution in [2.24, 2.45) is 5.41 Å². The molecular formula is C14H16ClNO4. The van der Waals surface area contributed by atoms with E-state index in [1.165, 1.54) is 6.07 Å². The normalized spacial score (nSPS) is 17.6. The second-order valence-electron chi connectivity index (χ2n) is 5.35. The number of hydrogen-bond donors (Lipinski definition) is 1. The Labute approximate surface area is 121 Å². The van der Waals surface area contributed by atoms with Crippen LogP contribution in [0.25, 0.3) is 0 Å². The monoisotopic (exact) mass is 297 g/mol. The molecule has 0 bridgehead atoms. The number of nitro groups is 1. The highest BCUT2D eigenvalue weighted by molar-refractivity contribution is 6.30. The summed E-state index contributed by atoms with van der Waals surface area (Å²) in [7, 11) is 0. The van der Waals surface area contributed by atoms with E-state index in [9.17, 15) is 20.0 Å². The van der Waals surface area contributed by atoms with Crippen LogP contribution in [0.4, 0.5) is 5.69 Å². The number of rotatable bonds is 4. The molecule has 0 aromatic heterocycles. The molecule has 1 aliphatic rings. The van der Waals surface area contributed by atoms with Gasteiger partial charge in [0.25, 0.3) is 5.69 Å². The number of carboxylic acids is 1. The van der Waals surface area contributed by atoms with Crippen molar-refractivity contribution in [1.82, 2.24) is 0 Å². The van der Waals surface area contributed by atoms with E-state index in [1.54, 1.807) is 12.1 Å². The first-order valence-electron chi connectivity index (χ1n) is 6.61. The molecule has 6 heteroatoms. The van der Waals surface area contributed by atoms with Gasteiger partial charge in [-0.3, -0.25) is 14.9 Å². The Balaban J connectivity index is 2.36. The Morgan fingerprint density at radius 1 is 1.35 bits per heavy atom. The van der Waals surface area contributed by atoms with Crippen molar-refractivity contribution < 1.29 is 14.8 Å². The van der Waals surface area contributed by atoms with Gasteiger partial charge in [-0.15, -0.1) is 0 Å². The SMILES string of the molecule is O=C(O)C1(Cc2ccc(Cl)cc2[N+](=O)[O-])CCCCC1. The largest absolute Gasteiger partial charge is 0.481 e. The Bertz CT molecular complexity index is 538. The van der Waals surface area contributed by atoms with Crippen LogP contribution in [0, 0.1) is 15.5 Å². The van der Waals surface area contributed by atoms with Gasteiger partial charge in [-0.1, -0.05) is 36.9 Å². The maximum atomic E-state index is 11.6. The van der Waals surface area contributed by atoms with Gasteiger partial charge in [0.2, 0.25) is 0 Å². The van der Waals surface area contributed by atoms with Gasteiger partial charge in [-0.25, -0.2) is 0 Å². The quantitative estimate of drug-likeness (QED) is 0.676. The Morgan fingerprint density at radius 3 is 2.55 bits per heavy atom. The van der Waals surface area contributed by atoms with Gasteiger partial charge >= 0.3 is 5.97 Å². The van der Waals surface area contributed by atoms with Crippen molar-refractivity contribution in [3.05, 3.63) is 38.9 Å². The summed E-state index contributed by atoms with van der Waals surface area (Å²) in [6.45, 7) is 0.